The number of benzene rings is 1. The van der Waals surface area contributed by atoms with Crippen LogP contribution in [0, 0.1) is 5.92 Å². The maximum Gasteiger partial charge on any atom is 0.175 e. The summed E-state index contributed by atoms with van der Waals surface area (Å²) in [5.74, 6) is 1.82. The Hall–Kier alpha value is -0.780. The van der Waals surface area contributed by atoms with E-state index in [0.29, 0.717) is 26.3 Å². The molecule has 4 nitrogen and oxygen atoms in total. The van der Waals surface area contributed by atoms with E-state index in [1.54, 1.807) is 0 Å². The van der Waals surface area contributed by atoms with Crippen LogP contribution >= 0.6 is 15.9 Å². The summed E-state index contributed by atoms with van der Waals surface area (Å²) in [4.78, 5) is 0. The Balaban J connectivity index is 1.96. The van der Waals surface area contributed by atoms with Crippen LogP contribution in [0.2, 0.25) is 0 Å². The van der Waals surface area contributed by atoms with Crippen LogP contribution in [0.15, 0.2) is 16.6 Å². The number of aliphatic hydroxyl groups is 1. The van der Waals surface area contributed by atoms with Gasteiger partial charge in [-0.15, -0.1) is 0 Å². The highest BCUT2D eigenvalue weighted by Gasteiger charge is 2.16. The molecule has 1 aliphatic heterocycles. The van der Waals surface area contributed by atoms with Crippen LogP contribution in [0.4, 0.5) is 0 Å². The molecule has 19 heavy (non-hydrogen) atoms. The molecule has 2 rings (SSSR count). The summed E-state index contributed by atoms with van der Waals surface area (Å²) in [6.07, 6.45) is -0.319. The standard InChI is InChI=1S/C14H20BrNO3/c1-9(2)12(17)8-16-7-10-5-11(15)14-13(6-10)18-3-4-19-14/h5-6,9,12,16-17H,3-4,7-8H2,1-2H3. The summed E-state index contributed by atoms with van der Waals surface area (Å²) < 4.78 is 12.0. The van der Waals surface area contributed by atoms with E-state index in [1.165, 1.54) is 0 Å². The first-order chi connectivity index (χ1) is 9.08. The lowest BCUT2D eigenvalue weighted by Gasteiger charge is -2.21. The molecule has 0 amide bonds. The Labute approximate surface area is 122 Å². The van der Waals surface area contributed by atoms with Crippen LogP contribution in [0.25, 0.3) is 0 Å². The zero-order valence-corrected chi connectivity index (χ0v) is 12.9. The maximum absolute atomic E-state index is 9.73. The number of halogens is 1. The van der Waals surface area contributed by atoms with Crippen molar-refractivity contribution < 1.29 is 14.6 Å². The molecule has 1 atom stereocenters. The first kappa shape index (κ1) is 14.6. The van der Waals surface area contributed by atoms with E-state index >= 15 is 0 Å². The van der Waals surface area contributed by atoms with Gasteiger partial charge in [0.1, 0.15) is 13.2 Å². The van der Waals surface area contributed by atoms with Crippen molar-refractivity contribution in [3.05, 3.63) is 22.2 Å². The van der Waals surface area contributed by atoms with Gasteiger partial charge < -0.3 is 19.9 Å². The summed E-state index contributed by atoms with van der Waals surface area (Å²) in [7, 11) is 0. The second kappa shape index (κ2) is 6.59. The van der Waals surface area contributed by atoms with Gasteiger partial charge in [-0.2, -0.15) is 0 Å². The highest BCUT2D eigenvalue weighted by molar-refractivity contribution is 9.10. The first-order valence-corrected chi connectivity index (χ1v) is 7.34. The second-order valence-corrected chi connectivity index (χ2v) is 5.90. The third-order valence-electron chi connectivity index (χ3n) is 3.11. The summed E-state index contributed by atoms with van der Waals surface area (Å²) >= 11 is 3.49. The lowest BCUT2D eigenvalue weighted by molar-refractivity contribution is 0.123. The number of aliphatic hydroxyl groups excluding tert-OH is 1. The number of rotatable bonds is 5. The Morgan fingerprint density at radius 3 is 2.79 bits per heavy atom. The number of ether oxygens (including phenoxy) is 2. The highest BCUT2D eigenvalue weighted by Crippen LogP contribution is 2.38. The van der Waals surface area contributed by atoms with Gasteiger partial charge in [0.05, 0.1) is 10.6 Å². The Kier molecular flexibility index (Phi) is 5.07. The third kappa shape index (κ3) is 3.84. The molecule has 0 aromatic heterocycles. The molecule has 0 fully saturated rings. The van der Waals surface area contributed by atoms with E-state index in [9.17, 15) is 5.11 Å². The molecular formula is C14H20BrNO3. The summed E-state index contributed by atoms with van der Waals surface area (Å²) in [5, 5.41) is 13.0. The van der Waals surface area contributed by atoms with Gasteiger partial charge in [0, 0.05) is 13.1 Å². The summed E-state index contributed by atoms with van der Waals surface area (Å²) in [5.41, 5.74) is 1.10. The lowest BCUT2D eigenvalue weighted by atomic mass is 10.1. The Bertz CT molecular complexity index is 437. The average Bonchev–Trinajstić information content (AvgIpc) is 2.38. The van der Waals surface area contributed by atoms with Gasteiger partial charge >= 0.3 is 0 Å². The number of fused-ring (bicyclic) bond motifs is 1. The van der Waals surface area contributed by atoms with Gasteiger partial charge in [-0.05, 0) is 39.5 Å². The molecule has 1 aromatic rings. The van der Waals surface area contributed by atoms with Gasteiger partial charge in [-0.3, -0.25) is 0 Å². The first-order valence-electron chi connectivity index (χ1n) is 6.54. The Morgan fingerprint density at radius 2 is 2.05 bits per heavy atom. The number of hydrogen-bond donors (Lipinski definition) is 2. The van der Waals surface area contributed by atoms with Crippen LogP contribution in [0.1, 0.15) is 19.4 Å². The van der Waals surface area contributed by atoms with E-state index in [1.807, 2.05) is 26.0 Å². The minimum atomic E-state index is -0.319. The molecule has 0 saturated carbocycles. The van der Waals surface area contributed by atoms with Gasteiger partial charge in [-0.25, -0.2) is 0 Å². The molecule has 1 heterocycles. The SMILES string of the molecule is CC(C)C(O)CNCc1cc(Br)c2c(c1)OCCO2. The molecule has 1 unspecified atom stereocenters. The van der Waals surface area contributed by atoms with Crippen molar-refractivity contribution in [3.8, 4) is 11.5 Å². The van der Waals surface area contributed by atoms with Crippen molar-refractivity contribution in [1.29, 1.82) is 0 Å². The van der Waals surface area contributed by atoms with Crippen molar-refractivity contribution in [2.24, 2.45) is 5.92 Å². The molecule has 106 valence electrons. The van der Waals surface area contributed by atoms with Crippen LogP contribution < -0.4 is 14.8 Å². The number of hydrogen-bond acceptors (Lipinski definition) is 4. The molecular weight excluding hydrogens is 310 g/mol. The monoisotopic (exact) mass is 329 g/mol. The van der Waals surface area contributed by atoms with Crippen molar-refractivity contribution >= 4 is 15.9 Å². The molecule has 0 aliphatic carbocycles. The van der Waals surface area contributed by atoms with Gasteiger partial charge in [-0.1, -0.05) is 13.8 Å². The van der Waals surface area contributed by atoms with Crippen LogP contribution in [0.3, 0.4) is 0 Å². The number of nitrogens with one attached hydrogen (secondary N) is 1. The molecule has 5 heteroatoms. The molecule has 2 N–H and O–H groups in total. The van der Waals surface area contributed by atoms with E-state index in [-0.39, 0.29) is 12.0 Å². The van der Waals surface area contributed by atoms with E-state index < -0.39 is 0 Å². The fourth-order valence-corrected chi connectivity index (χ4v) is 2.47. The lowest BCUT2D eigenvalue weighted by Crippen LogP contribution is -2.30. The zero-order valence-electron chi connectivity index (χ0n) is 11.3. The van der Waals surface area contributed by atoms with Crippen LogP contribution in [0.5, 0.6) is 11.5 Å². The van der Waals surface area contributed by atoms with Crippen LogP contribution in [-0.2, 0) is 6.54 Å². The zero-order chi connectivity index (χ0) is 13.8. The van der Waals surface area contributed by atoms with Gasteiger partial charge in [0.2, 0.25) is 0 Å². The predicted molar refractivity (Wildman–Crippen MR) is 77.7 cm³/mol. The van der Waals surface area contributed by atoms with Gasteiger partial charge in [0.25, 0.3) is 0 Å². The summed E-state index contributed by atoms with van der Waals surface area (Å²) in [6.45, 7) is 6.47. The topological polar surface area (TPSA) is 50.7 Å². The van der Waals surface area contributed by atoms with Gasteiger partial charge in [0.15, 0.2) is 11.5 Å². The van der Waals surface area contributed by atoms with E-state index in [2.05, 4.69) is 21.2 Å². The molecule has 0 bridgehead atoms. The quantitative estimate of drug-likeness (QED) is 0.870. The molecule has 0 spiro atoms. The smallest absolute Gasteiger partial charge is 0.175 e. The molecule has 0 saturated heterocycles. The van der Waals surface area contributed by atoms with Crippen LogP contribution in [-0.4, -0.2) is 31.0 Å². The summed E-state index contributed by atoms with van der Waals surface area (Å²) in [6, 6.07) is 4.00. The third-order valence-corrected chi connectivity index (χ3v) is 3.70. The molecule has 1 aromatic carbocycles. The predicted octanol–water partition coefficient (Wildman–Crippen LogP) is 2.33. The van der Waals surface area contributed by atoms with Crippen molar-refractivity contribution in [1.82, 2.24) is 5.32 Å². The minimum absolute atomic E-state index is 0.263. The largest absolute Gasteiger partial charge is 0.486 e. The molecule has 1 aliphatic rings. The second-order valence-electron chi connectivity index (χ2n) is 5.04. The average molecular weight is 330 g/mol. The maximum atomic E-state index is 9.73. The minimum Gasteiger partial charge on any atom is -0.486 e. The highest BCUT2D eigenvalue weighted by atomic mass is 79.9. The molecule has 0 radical (unpaired) electrons. The fraction of sp³-hybridized carbons (Fsp3) is 0.571. The normalized spacial score (nSPS) is 15.6. The van der Waals surface area contributed by atoms with E-state index in [4.69, 9.17) is 9.47 Å². The van der Waals surface area contributed by atoms with Crippen molar-refractivity contribution in [2.75, 3.05) is 19.8 Å². The van der Waals surface area contributed by atoms with Crippen molar-refractivity contribution in [2.45, 2.75) is 26.5 Å². The van der Waals surface area contributed by atoms with E-state index in [0.717, 1.165) is 21.5 Å². The van der Waals surface area contributed by atoms with Crippen molar-refractivity contribution in [3.63, 3.8) is 0 Å². The fourth-order valence-electron chi connectivity index (χ4n) is 1.87. The Morgan fingerprint density at radius 1 is 1.32 bits per heavy atom.